The first-order chi connectivity index (χ1) is 13.2. The largest absolute Gasteiger partial charge is 0.493 e. The molecule has 2 aromatic rings. The van der Waals surface area contributed by atoms with E-state index in [2.05, 4.69) is 15.2 Å². The van der Waals surface area contributed by atoms with E-state index in [-0.39, 0.29) is 5.91 Å². The van der Waals surface area contributed by atoms with E-state index in [4.69, 9.17) is 14.2 Å². The topological polar surface area (TPSA) is 72.9 Å². The van der Waals surface area contributed by atoms with Gasteiger partial charge in [-0.3, -0.25) is 9.78 Å². The van der Waals surface area contributed by atoms with Crippen molar-refractivity contribution in [3.63, 3.8) is 0 Å². The third-order valence-electron chi connectivity index (χ3n) is 4.62. The smallest absolute Gasteiger partial charge is 0.274 e. The van der Waals surface area contributed by atoms with E-state index in [0.717, 1.165) is 18.8 Å². The number of piperidine rings is 1. The van der Waals surface area contributed by atoms with Crippen molar-refractivity contribution in [1.82, 2.24) is 4.98 Å². The van der Waals surface area contributed by atoms with E-state index in [0.29, 0.717) is 28.6 Å². The van der Waals surface area contributed by atoms with Crippen molar-refractivity contribution in [2.75, 3.05) is 44.6 Å². The monoisotopic (exact) mass is 371 g/mol. The minimum Gasteiger partial charge on any atom is -0.493 e. The summed E-state index contributed by atoms with van der Waals surface area (Å²) in [5.41, 5.74) is 1.94. The Morgan fingerprint density at radius 2 is 1.67 bits per heavy atom. The summed E-state index contributed by atoms with van der Waals surface area (Å²) >= 11 is 0. The number of rotatable bonds is 6. The number of amides is 1. The van der Waals surface area contributed by atoms with E-state index in [1.54, 1.807) is 18.3 Å². The van der Waals surface area contributed by atoms with Gasteiger partial charge in [-0.1, -0.05) is 0 Å². The molecule has 7 heteroatoms. The standard InChI is InChI=1S/C20H25N3O4/c1-25-17-11-14(12-18(26-2)19(17)27-3)22-20(24)16-13-15(7-8-21-16)23-9-5-4-6-10-23/h7-8,11-13H,4-6,9-10H2,1-3H3,(H,22,24). The maximum absolute atomic E-state index is 12.7. The third-order valence-corrected chi connectivity index (χ3v) is 4.62. The highest BCUT2D eigenvalue weighted by Crippen LogP contribution is 2.40. The van der Waals surface area contributed by atoms with Crippen LogP contribution in [0.4, 0.5) is 11.4 Å². The number of nitrogens with one attached hydrogen (secondary N) is 1. The lowest BCUT2D eigenvalue weighted by Crippen LogP contribution is -2.29. The highest BCUT2D eigenvalue weighted by Gasteiger charge is 2.17. The minimum atomic E-state index is -0.289. The average Bonchev–Trinajstić information content (AvgIpc) is 2.73. The number of carbonyl (C=O) groups is 1. The van der Waals surface area contributed by atoms with Gasteiger partial charge in [0.15, 0.2) is 11.5 Å². The van der Waals surface area contributed by atoms with Gasteiger partial charge in [-0.05, 0) is 31.4 Å². The Kier molecular flexibility index (Phi) is 6.01. The van der Waals surface area contributed by atoms with Gasteiger partial charge >= 0.3 is 0 Å². The van der Waals surface area contributed by atoms with Crippen LogP contribution in [0, 0.1) is 0 Å². The number of aromatic nitrogens is 1. The van der Waals surface area contributed by atoms with Crippen LogP contribution >= 0.6 is 0 Å². The summed E-state index contributed by atoms with van der Waals surface area (Å²) in [6, 6.07) is 7.15. The van der Waals surface area contributed by atoms with Gasteiger partial charge in [0.2, 0.25) is 5.75 Å². The molecule has 1 fully saturated rings. The van der Waals surface area contributed by atoms with Crippen LogP contribution in [0.5, 0.6) is 17.2 Å². The lowest BCUT2D eigenvalue weighted by molar-refractivity contribution is 0.102. The molecule has 3 rings (SSSR count). The molecule has 7 nitrogen and oxygen atoms in total. The molecule has 0 unspecified atom stereocenters. The second kappa shape index (κ2) is 8.62. The lowest BCUT2D eigenvalue weighted by atomic mass is 10.1. The zero-order chi connectivity index (χ0) is 19.2. The van der Waals surface area contributed by atoms with Gasteiger partial charge in [0, 0.05) is 42.8 Å². The fraction of sp³-hybridized carbons (Fsp3) is 0.400. The Labute approximate surface area is 159 Å². The number of ether oxygens (including phenoxy) is 3. The van der Waals surface area contributed by atoms with Crippen LogP contribution in [0.2, 0.25) is 0 Å². The number of hydrogen-bond acceptors (Lipinski definition) is 6. The Morgan fingerprint density at radius 1 is 1.00 bits per heavy atom. The Hall–Kier alpha value is -2.96. The van der Waals surface area contributed by atoms with E-state index < -0.39 is 0 Å². The first-order valence-corrected chi connectivity index (χ1v) is 8.98. The molecule has 0 radical (unpaired) electrons. The quantitative estimate of drug-likeness (QED) is 0.840. The number of hydrogen-bond donors (Lipinski definition) is 1. The van der Waals surface area contributed by atoms with E-state index in [1.165, 1.54) is 40.6 Å². The second-order valence-corrected chi connectivity index (χ2v) is 6.32. The predicted octanol–water partition coefficient (Wildman–Crippen LogP) is 3.35. The summed E-state index contributed by atoms with van der Waals surface area (Å²) in [5, 5.41) is 2.85. The minimum absolute atomic E-state index is 0.289. The summed E-state index contributed by atoms with van der Waals surface area (Å²) < 4.78 is 16.0. The van der Waals surface area contributed by atoms with Crippen LogP contribution in [0.25, 0.3) is 0 Å². The van der Waals surface area contributed by atoms with Gasteiger partial charge in [-0.2, -0.15) is 0 Å². The Balaban J connectivity index is 1.81. The van der Waals surface area contributed by atoms with Crippen molar-refractivity contribution in [3.05, 3.63) is 36.2 Å². The number of pyridine rings is 1. The van der Waals surface area contributed by atoms with Crippen molar-refractivity contribution in [1.29, 1.82) is 0 Å². The number of benzene rings is 1. The third kappa shape index (κ3) is 4.24. The highest BCUT2D eigenvalue weighted by atomic mass is 16.5. The first kappa shape index (κ1) is 18.8. The van der Waals surface area contributed by atoms with E-state index >= 15 is 0 Å². The van der Waals surface area contributed by atoms with Crippen molar-refractivity contribution in [2.45, 2.75) is 19.3 Å². The molecule has 1 saturated heterocycles. The molecule has 27 heavy (non-hydrogen) atoms. The number of nitrogens with zero attached hydrogens (tertiary/aromatic N) is 2. The van der Waals surface area contributed by atoms with Gasteiger partial charge in [-0.15, -0.1) is 0 Å². The highest BCUT2D eigenvalue weighted by molar-refractivity contribution is 6.03. The van der Waals surface area contributed by atoms with Crippen molar-refractivity contribution >= 4 is 17.3 Å². The molecule has 0 bridgehead atoms. The van der Waals surface area contributed by atoms with Crippen LogP contribution in [0.15, 0.2) is 30.5 Å². The molecule has 1 aromatic heterocycles. The van der Waals surface area contributed by atoms with Crippen LogP contribution in [-0.4, -0.2) is 45.3 Å². The zero-order valence-electron chi connectivity index (χ0n) is 15.9. The first-order valence-electron chi connectivity index (χ1n) is 8.98. The van der Waals surface area contributed by atoms with Gasteiger partial charge in [-0.25, -0.2) is 0 Å². The fourth-order valence-corrected chi connectivity index (χ4v) is 3.24. The number of carbonyl (C=O) groups excluding carboxylic acids is 1. The van der Waals surface area contributed by atoms with Crippen LogP contribution in [0.1, 0.15) is 29.8 Å². The van der Waals surface area contributed by atoms with Crippen LogP contribution < -0.4 is 24.4 Å². The molecular weight excluding hydrogens is 346 g/mol. The molecule has 2 heterocycles. The van der Waals surface area contributed by atoms with Crippen LogP contribution in [-0.2, 0) is 0 Å². The van der Waals surface area contributed by atoms with Crippen LogP contribution in [0.3, 0.4) is 0 Å². The van der Waals surface area contributed by atoms with E-state index in [9.17, 15) is 4.79 Å². The van der Waals surface area contributed by atoms with Gasteiger partial charge in [0.25, 0.3) is 5.91 Å². The van der Waals surface area contributed by atoms with E-state index in [1.807, 2.05) is 12.1 Å². The number of methoxy groups -OCH3 is 3. The van der Waals surface area contributed by atoms with Crippen molar-refractivity contribution in [3.8, 4) is 17.2 Å². The maximum Gasteiger partial charge on any atom is 0.274 e. The van der Waals surface area contributed by atoms with Gasteiger partial charge < -0.3 is 24.4 Å². The summed E-state index contributed by atoms with van der Waals surface area (Å²) in [7, 11) is 4.60. The SMILES string of the molecule is COc1cc(NC(=O)c2cc(N3CCCCC3)ccn2)cc(OC)c1OC. The second-order valence-electron chi connectivity index (χ2n) is 6.32. The molecule has 0 atom stereocenters. The molecular formula is C20H25N3O4. The summed E-state index contributed by atoms with van der Waals surface area (Å²) in [5.74, 6) is 1.13. The maximum atomic E-state index is 12.7. The molecule has 1 N–H and O–H groups in total. The van der Waals surface area contributed by atoms with Gasteiger partial charge in [0.05, 0.1) is 21.3 Å². The Morgan fingerprint density at radius 3 is 2.26 bits per heavy atom. The predicted molar refractivity (Wildman–Crippen MR) is 104 cm³/mol. The van der Waals surface area contributed by atoms with Crippen molar-refractivity contribution < 1.29 is 19.0 Å². The Bertz CT molecular complexity index is 779. The molecule has 1 aromatic carbocycles. The summed E-state index contributed by atoms with van der Waals surface area (Å²) in [6.45, 7) is 2.02. The molecule has 1 amide bonds. The molecule has 144 valence electrons. The number of anilines is 2. The average molecular weight is 371 g/mol. The lowest BCUT2D eigenvalue weighted by Gasteiger charge is -2.28. The summed E-state index contributed by atoms with van der Waals surface area (Å²) in [6.07, 6.45) is 5.29. The molecule has 0 spiro atoms. The molecule has 0 saturated carbocycles. The fourth-order valence-electron chi connectivity index (χ4n) is 3.24. The van der Waals surface area contributed by atoms with Gasteiger partial charge in [0.1, 0.15) is 5.69 Å². The van der Waals surface area contributed by atoms with Crippen molar-refractivity contribution in [2.24, 2.45) is 0 Å². The molecule has 0 aliphatic carbocycles. The summed E-state index contributed by atoms with van der Waals surface area (Å²) in [4.78, 5) is 19.2. The molecule has 1 aliphatic heterocycles. The zero-order valence-corrected chi connectivity index (χ0v) is 15.9. The normalized spacial score (nSPS) is 13.8. The molecule has 1 aliphatic rings.